The third-order valence-corrected chi connectivity index (χ3v) is 4.74. The molecular weight excluding hydrogens is 374 g/mol. The van der Waals surface area contributed by atoms with E-state index in [2.05, 4.69) is 5.32 Å². The van der Waals surface area contributed by atoms with E-state index in [0.717, 1.165) is 10.5 Å². The summed E-state index contributed by atoms with van der Waals surface area (Å²) in [5, 5.41) is 2.79. The fourth-order valence-corrected chi connectivity index (χ4v) is 3.33. The minimum atomic E-state index is -0.567. The molecule has 0 aliphatic carbocycles. The molecule has 0 bridgehead atoms. The van der Waals surface area contributed by atoms with E-state index in [1.54, 1.807) is 11.8 Å². The molecule has 0 aliphatic heterocycles. The van der Waals surface area contributed by atoms with Crippen LogP contribution in [0.4, 0.5) is 4.79 Å². The van der Waals surface area contributed by atoms with E-state index in [-0.39, 0.29) is 19.0 Å². The van der Waals surface area contributed by atoms with Crippen LogP contribution in [0.3, 0.4) is 0 Å². The van der Waals surface area contributed by atoms with E-state index in [9.17, 15) is 9.59 Å². The van der Waals surface area contributed by atoms with Gasteiger partial charge in [-0.1, -0.05) is 48.5 Å². The van der Waals surface area contributed by atoms with Gasteiger partial charge in [0, 0.05) is 10.6 Å². The van der Waals surface area contributed by atoms with Crippen molar-refractivity contribution in [1.29, 1.82) is 0 Å². The number of benzene rings is 2. The summed E-state index contributed by atoms with van der Waals surface area (Å²) in [6.07, 6.45) is -0.469. The smallest absolute Gasteiger partial charge is 0.407 e. The number of hydrogen-bond donors (Lipinski definition) is 1. The first kappa shape index (κ1) is 21.8. The minimum Gasteiger partial charge on any atom is -0.460 e. The maximum absolute atomic E-state index is 12.2. The van der Waals surface area contributed by atoms with Gasteiger partial charge in [0.2, 0.25) is 0 Å². The van der Waals surface area contributed by atoms with Crippen molar-refractivity contribution in [1.82, 2.24) is 5.32 Å². The molecule has 5 nitrogen and oxygen atoms in total. The fourth-order valence-electron chi connectivity index (χ4n) is 2.38. The lowest BCUT2D eigenvalue weighted by Crippen LogP contribution is -2.40. The van der Waals surface area contributed by atoms with E-state index in [0.29, 0.717) is 5.75 Å². The standard InChI is InChI=1S/C22H27NO4S/c1-22(2,3)27-20(24)14-18(16-28-19-12-8-5-9-13-19)23-21(25)26-15-17-10-6-4-7-11-17/h4-13,18H,14-16H2,1-3H3,(H,23,25)/t18-/m0/s1. The average molecular weight is 402 g/mol. The number of ether oxygens (including phenoxy) is 2. The second-order valence-corrected chi connectivity index (χ2v) is 8.41. The molecular formula is C22H27NO4S. The van der Waals surface area contributed by atoms with Gasteiger partial charge >= 0.3 is 12.1 Å². The van der Waals surface area contributed by atoms with Crippen molar-refractivity contribution in [2.45, 2.75) is 50.3 Å². The molecule has 0 saturated heterocycles. The van der Waals surface area contributed by atoms with Crippen molar-refractivity contribution >= 4 is 23.8 Å². The topological polar surface area (TPSA) is 64.6 Å². The molecule has 1 amide bonds. The normalized spacial score (nSPS) is 12.1. The zero-order valence-corrected chi connectivity index (χ0v) is 17.3. The molecule has 0 saturated carbocycles. The van der Waals surface area contributed by atoms with Gasteiger partial charge in [0.15, 0.2) is 0 Å². The predicted octanol–water partition coefficient (Wildman–Crippen LogP) is 4.81. The number of carbonyl (C=O) groups excluding carboxylic acids is 2. The molecule has 2 rings (SSSR count). The molecule has 0 radical (unpaired) electrons. The monoisotopic (exact) mass is 401 g/mol. The number of rotatable bonds is 8. The third kappa shape index (κ3) is 8.95. The van der Waals surface area contributed by atoms with Gasteiger partial charge in [0.1, 0.15) is 12.2 Å². The van der Waals surface area contributed by atoms with Crippen LogP contribution in [0.5, 0.6) is 0 Å². The Bertz CT molecular complexity index is 744. The van der Waals surface area contributed by atoms with Gasteiger partial charge in [-0.15, -0.1) is 11.8 Å². The summed E-state index contributed by atoms with van der Waals surface area (Å²) in [5.74, 6) is 0.179. The Kier molecular flexibility index (Phi) is 8.39. The van der Waals surface area contributed by atoms with Crippen LogP contribution in [0.15, 0.2) is 65.6 Å². The number of amides is 1. The van der Waals surface area contributed by atoms with Gasteiger partial charge in [-0.05, 0) is 38.5 Å². The van der Waals surface area contributed by atoms with Crippen molar-refractivity contribution in [3.05, 3.63) is 66.2 Å². The number of nitrogens with one attached hydrogen (secondary N) is 1. The summed E-state index contributed by atoms with van der Waals surface area (Å²) < 4.78 is 10.7. The molecule has 0 heterocycles. The van der Waals surface area contributed by atoms with Crippen LogP contribution in [-0.2, 0) is 20.9 Å². The largest absolute Gasteiger partial charge is 0.460 e. The van der Waals surface area contributed by atoms with Gasteiger partial charge in [-0.2, -0.15) is 0 Å². The minimum absolute atomic E-state index is 0.0809. The predicted molar refractivity (Wildman–Crippen MR) is 111 cm³/mol. The highest BCUT2D eigenvalue weighted by atomic mass is 32.2. The van der Waals surface area contributed by atoms with Crippen molar-refractivity contribution in [2.75, 3.05) is 5.75 Å². The van der Waals surface area contributed by atoms with Crippen LogP contribution >= 0.6 is 11.8 Å². The summed E-state index contributed by atoms with van der Waals surface area (Å²) in [7, 11) is 0. The summed E-state index contributed by atoms with van der Waals surface area (Å²) in [5.41, 5.74) is 0.335. The maximum Gasteiger partial charge on any atom is 0.407 e. The molecule has 0 aromatic heterocycles. The van der Waals surface area contributed by atoms with Crippen molar-refractivity contribution < 1.29 is 19.1 Å². The number of carbonyl (C=O) groups is 2. The summed E-state index contributed by atoms with van der Waals surface area (Å²) in [6, 6.07) is 18.9. The van der Waals surface area contributed by atoms with E-state index in [1.807, 2.05) is 81.4 Å². The third-order valence-electron chi connectivity index (χ3n) is 3.56. The van der Waals surface area contributed by atoms with Gasteiger partial charge in [0.05, 0.1) is 12.5 Å². The molecule has 1 N–H and O–H groups in total. The Hall–Kier alpha value is -2.47. The number of esters is 1. The SMILES string of the molecule is CC(C)(C)OC(=O)C[C@@H](CSc1ccccc1)NC(=O)OCc1ccccc1. The Balaban J connectivity index is 1.91. The summed E-state index contributed by atoms with van der Waals surface area (Å²) in [6.45, 7) is 5.64. The van der Waals surface area contributed by atoms with Crippen molar-refractivity contribution in [2.24, 2.45) is 0 Å². The van der Waals surface area contributed by atoms with Gasteiger partial charge < -0.3 is 14.8 Å². The molecule has 6 heteroatoms. The highest BCUT2D eigenvalue weighted by molar-refractivity contribution is 7.99. The first-order valence-electron chi connectivity index (χ1n) is 9.19. The van der Waals surface area contributed by atoms with E-state index < -0.39 is 17.7 Å². The van der Waals surface area contributed by atoms with Crippen LogP contribution in [0, 0.1) is 0 Å². The van der Waals surface area contributed by atoms with Crippen LogP contribution in [0.1, 0.15) is 32.8 Å². The lowest BCUT2D eigenvalue weighted by molar-refractivity contribution is -0.155. The second kappa shape index (κ2) is 10.8. The lowest BCUT2D eigenvalue weighted by Gasteiger charge is -2.22. The Morgan fingerprint density at radius 2 is 1.61 bits per heavy atom. The molecule has 1 atom stereocenters. The molecule has 0 spiro atoms. The van der Waals surface area contributed by atoms with Crippen LogP contribution in [-0.4, -0.2) is 29.5 Å². The van der Waals surface area contributed by atoms with E-state index in [1.165, 1.54) is 0 Å². The highest BCUT2D eigenvalue weighted by Gasteiger charge is 2.22. The second-order valence-electron chi connectivity index (χ2n) is 7.32. The Morgan fingerprint density at radius 3 is 2.21 bits per heavy atom. The summed E-state index contributed by atoms with van der Waals surface area (Å²) in [4.78, 5) is 25.5. The molecule has 28 heavy (non-hydrogen) atoms. The van der Waals surface area contributed by atoms with E-state index in [4.69, 9.17) is 9.47 Å². The van der Waals surface area contributed by atoms with Gasteiger partial charge in [-0.3, -0.25) is 4.79 Å². The zero-order chi connectivity index (χ0) is 20.4. The Morgan fingerprint density at radius 1 is 1.00 bits per heavy atom. The molecule has 150 valence electrons. The molecule has 0 unspecified atom stereocenters. The zero-order valence-electron chi connectivity index (χ0n) is 16.5. The quantitative estimate of drug-likeness (QED) is 0.508. The first-order chi connectivity index (χ1) is 13.3. The highest BCUT2D eigenvalue weighted by Crippen LogP contribution is 2.20. The van der Waals surface area contributed by atoms with Crippen LogP contribution in [0.25, 0.3) is 0 Å². The molecule has 0 aliphatic rings. The number of alkyl carbamates (subject to hydrolysis) is 1. The summed E-state index contributed by atoms with van der Waals surface area (Å²) >= 11 is 1.57. The van der Waals surface area contributed by atoms with Gasteiger partial charge in [-0.25, -0.2) is 4.79 Å². The first-order valence-corrected chi connectivity index (χ1v) is 10.2. The fraction of sp³-hybridized carbons (Fsp3) is 0.364. The van der Waals surface area contributed by atoms with Crippen molar-refractivity contribution in [3.63, 3.8) is 0 Å². The van der Waals surface area contributed by atoms with E-state index >= 15 is 0 Å². The maximum atomic E-state index is 12.2. The van der Waals surface area contributed by atoms with Gasteiger partial charge in [0.25, 0.3) is 0 Å². The molecule has 0 fully saturated rings. The molecule has 2 aromatic rings. The van der Waals surface area contributed by atoms with Crippen LogP contribution < -0.4 is 5.32 Å². The lowest BCUT2D eigenvalue weighted by atomic mass is 10.2. The van der Waals surface area contributed by atoms with Crippen molar-refractivity contribution in [3.8, 4) is 0 Å². The van der Waals surface area contributed by atoms with Crippen LogP contribution in [0.2, 0.25) is 0 Å². The Labute approximate surface area is 170 Å². The molecule has 2 aromatic carbocycles. The average Bonchev–Trinajstić information content (AvgIpc) is 2.64. The number of thioether (sulfide) groups is 1. The number of hydrogen-bond acceptors (Lipinski definition) is 5.